The van der Waals surface area contributed by atoms with Gasteiger partial charge in [-0.1, -0.05) is 11.6 Å². The minimum atomic E-state index is 0.546. The molecule has 1 N–H and O–H groups in total. The normalized spacial score (nSPS) is 13.2. The van der Waals surface area contributed by atoms with Gasteiger partial charge in [-0.05, 0) is 34.1 Å². The highest BCUT2D eigenvalue weighted by Crippen LogP contribution is 2.34. The maximum absolute atomic E-state index is 6.11. The Labute approximate surface area is 123 Å². The number of nitrogens with one attached hydrogen (secondary N) is 1. The molecule has 1 aliphatic rings. The molecule has 0 bridgehead atoms. The minimum absolute atomic E-state index is 0.546. The molecule has 2 aromatic rings. The van der Waals surface area contributed by atoms with Gasteiger partial charge in [-0.25, -0.2) is 4.98 Å². The molecule has 19 heavy (non-hydrogen) atoms. The molecular formula is C13H10BrClN2O2. The standard InChI is InChI=1S/C13H10BrClN2O2/c14-8-5-10(15)13(16-7-8)17-9-1-2-11-12(6-9)19-4-3-18-11/h1-2,5-7H,3-4H2,(H,16,17). The Bertz CT molecular complexity index is 622. The molecule has 0 unspecified atom stereocenters. The molecule has 0 aliphatic carbocycles. The first kappa shape index (κ1) is 12.6. The van der Waals surface area contributed by atoms with Crippen molar-refractivity contribution < 1.29 is 9.47 Å². The Morgan fingerprint density at radius 3 is 2.74 bits per heavy atom. The summed E-state index contributed by atoms with van der Waals surface area (Å²) >= 11 is 9.43. The molecule has 0 amide bonds. The highest BCUT2D eigenvalue weighted by molar-refractivity contribution is 9.10. The number of hydrogen-bond acceptors (Lipinski definition) is 4. The van der Waals surface area contributed by atoms with Crippen LogP contribution in [0.2, 0.25) is 5.02 Å². The fraction of sp³-hybridized carbons (Fsp3) is 0.154. The predicted molar refractivity (Wildman–Crippen MR) is 77.7 cm³/mol. The molecule has 1 aromatic heterocycles. The summed E-state index contributed by atoms with van der Waals surface area (Å²) in [6.07, 6.45) is 1.69. The average Bonchev–Trinajstić information content (AvgIpc) is 2.42. The second-order valence-corrected chi connectivity index (χ2v) is 5.29. The van der Waals surface area contributed by atoms with Crippen molar-refractivity contribution in [2.75, 3.05) is 18.5 Å². The summed E-state index contributed by atoms with van der Waals surface area (Å²) < 4.78 is 11.8. The van der Waals surface area contributed by atoms with E-state index in [-0.39, 0.29) is 0 Å². The molecule has 1 aliphatic heterocycles. The number of benzene rings is 1. The molecule has 98 valence electrons. The summed E-state index contributed by atoms with van der Waals surface area (Å²) in [5.41, 5.74) is 0.848. The van der Waals surface area contributed by atoms with E-state index < -0.39 is 0 Å². The Morgan fingerprint density at radius 1 is 1.16 bits per heavy atom. The van der Waals surface area contributed by atoms with Gasteiger partial charge in [0.15, 0.2) is 11.5 Å². The van der Waals surface area contributed by atoms with Gasteiger partial charge in [0.05, 0.1) is 5.02 Å². The van der Waals surface area contributed by atoms with Crippen LogP contribution < -0.4 is 14.8 Å². The monoisotopic (exact) mass is 340 g/mol. The number of rotatable bonds is 2. The van der Waals surface area contributed by atoms with E-state index in [9.17, 15) is 0 Å². The zero-order valence-electron chi connectivity index (χ0n) is 9.82. The second-order valence-electron chi connectivity index (χ2n) is 3.97. The molecule has 0 saturated carbocycles. The number of aromatic nitrogens is 1. The smallest absolute Gasteiger partial charge is 0.163 e. The molecule has 2 heterocycles. The number of fused-ring (bicyclic) bond motifs is 1. The van der Waals surface area contributed by atoms with E-state index in [1.54, 1.807) is 12.3 Å². The van der Waals surface area contributed by atoms with E-state index in [1.807, 2.05) is 18.2 Å². The van der Waals surface area contributed by atoms with Crippen molar-refractivity contribution in [3.63, 3.8) is 0 Å². The molecule has 1 aromatic carbocycles. The van der Waals surface area contributed by atoms with E-state index in [0.29, 0.717) is 24.1 Å². The fourth-order valence-corrected chi connectivity index (χ4v) is 2.44. The third kappa shape index (κ3) is 2.77. The highest BCUT2D eigenvalue weighted by Gasteiger charge is 2.12. The summed E-state index contributed by atoms with van der Waals surface area (Å²) in [6, 6.07) is 7.42. The lowest BCUT2D eigenvalue weighted by Crippen LogP contribution is -2.15. The second kappa shape index (κ2) is 5.27. The van der Waals surface area contributed by atoms with Crippen molar-refractivity contribution >= 4 is 39.0 Å². The number of anilines is 2. The molecule has 0 radical (unpaired) electrons. The zero-order valence-corrected chi connectivity index (χ0v) is 12.2. The summed E-state index contributed by atoms with van der Waals surface area (Å²) in [5.74, 6) is 2.08. The van der Waals surface area contributed by atoms with Crippen molar-refractivity contribution in [3.05, 3.63) is 40.0 Å². The lowest BCUT2D eigenvalue weighted by molar-refractivity contribution is 0.171. The van der Waals surface area contributed by atoms with Gasteiger partial charge in [0, 0.05) is 22.4 Å². The largest absolute Gasteiger partial charge is 0.486 e. The lowest BCUT2D eigenvalue weighted by atomic mass is 10.2. The minimum Gasteiger partial charge on any atom is -0.486 e. The summed E-state index contributed by atoms with van der Waals surface area (Å²) in [6.45, 7) is 1.15. The maximum Gasteiger partial charge on any atom is 0.163 e. The predicted octanol–water partition coefficient (Wildman–Crippen LogP) is 4.01. The zero-order chi connectivity index (χ0) is 13.2. The van der Waals surface area contributed by atoms with Crippen LogP contribution in [-0.4, -0.2) is 18.2 Å². The first-order chi connectivity index (χ1) is 9.22. The number of ether oxygens (including phenoxy) is 2. The van der Waals surface area contributed by atoms with Crippen molar-refractivity contribution in [1.29, 1.82) is 0 Å². The topological polar surface area (TPSA) is 43.4 Å². The van der Waals surface area contributed by atoms with Crippen LogP contribution in [0.3, 0.4) is 0 Å². The van der Waals surface area contributed by atoms with Gasteiger partial charge in [-0.15, -0.1) is 0 Å². The Morgan fingerprint density at radius 2 is 1.95 bits per heavy atom. The van der Waals surface area contributed by atoms with Gasteiger partial charge < -0.3 is 14.8 Å². The van der Waals surface area contributed by atoms with E-state index in [1.165, 1.54) is 0 Å². The molecule has 0 spiro atoms. The third-order valence-corrected chi connectivity index (χ3v) is 3.33. The van der Waals surface area contributed by atoms with Gasteiger partial charge in [0.25, 0.3) is 0 Å². The first-order valence-corrected chi connectivity index (χ1v) is 6.87. The SMILES string of the molecule is Clc1cc(Br)cnc1Nc1ccc2c(c1)OCCO2. The average molecular weight is 342 g/mol. The van der Waals surface area contributed by atoms with Gasteiger partial charge in [0.1, 0.15) is 19.0 Å². The van der Waals surface area contributed by atoms with Gasteiger partial charge in [-0.2, -0.15) is 0 Å². The van der Waals surface area contributed by atoms with Crippen LogP contribution in [0.25, 0.3) is 0 Å². The van der Waals surface area contributed by atoms with Crippen LogP contribution in [0.15, 0.2) is 34.9 Å². The van der Waals surface area contributed by atoms with Crippen LogP contribution in [-0.2, 0) is 0 Å². The van der Waals surface area contributed by atoms with Gasteiger partial charge >= 0.3 is 0 Å². The third-order valence-electron chi connectivity index (χ3n) is 2.61. The van der Waals surface area contributed by atoms with Crippen LogP contribution in [0, 0.1) is 0 Å². The summed E-state index contributed by atoms with van der Waals surface area (Å²) in [5, 5.41) is 3.70. The fourth-order valence-electron chi connectivity index (χ4n) is 1.76. The molecule has 0 atom stereocenters. The van der Waals surface area contributed by atoms with Crippen LogP contribution in [0.4, 0.5) is 11.5 Å². The van der Waals surface area contributed by atoms with Crippen LogP contribution >= 0.6 is 27.5 Å². The van der Waals surface area contributed by atoms with Gasteiger partial charge in [-0.3, -0.25) is 0 Å². The van der Waals surface area contributed by atoms with E-state index in [0.717, 1.165) is 21.7 Å². The maximum atomic E-state index is 6.11. The van der Waals surface area contributed by atoms with Crippen LogP contribution in [0.1, 0.15) is 0 Å². The van der Waals surface area contributed by atoms with E-state index in [2.05, 4.69) is 26.2 Å². The highest BCUT2D eigenvalue weighted by atomic mass is 79.9. The number of nitrogens with zero attached hydrogens (tertiary/aromatic N) is 1. The van der Waals surface area contributed by atoms with Crippen molar-refractivity contribution in [1.82, 2.24) is 4.98 Å². The first-order valence-electron chi connectivity index (χ1n) is 5.70. The Kier molecular flexibility index (Phi) is 3.48. The number of halogens is 2. The van der Waals surface area contributed by atoms with Gasteiger partial charge in [0.2, 0.25) is 0 Å². The summed E-state index contributed by atoms with van der Waals surface area (Å²) in [7, 11) is 0. The number of hydrogen-bond donors (Lipinski definition) is 1. The molecular weight excluding hydrogens is 332 g/mol. The van der Waals surface area contributed by atoms with E-state index in [4.69, 9.17) is 21.1 Å². The number of pyridine rings is 1. The molecule has 3 rings (SSSR count). The quantitative estimate of drug-likeness (QED) is 0.896. The molecule has 4 nitrogen and oxygen atoms in total. The molecule has 0 fully saturated rings. The van der Waals surface area contributed by atoms with Crippen LogP contribution in [0.5, 0.6) is 11.5 Å². The Balaban J connectivity index is 1.87. The molecule has 6 heteroatoms. The lowest BCUT2D eigenvalue weighted by Gasteiger charge is -2.19. The van der Waals surface area contributed by atoms with Crippen molar-refractivity contribution in [3.8, 4) is 11.5 Å². The summed E-state index contributed by atoms with van der Waals surface area (Å²) in [4.78, 5) is 4.22. The van der Waals surface area contributed by atoms with Crippen molar-refractivity contribution in [2.24, 2.45) is 0 Å². The Hall–Kier alpha value is -1.46. The molecule has 0 saturated heterocycles. The van der Waals surface area contributed by atoms with Crippen molar-refractivity contribution in [2.45, 2.75) is 0 Å². The van der Waals surface area contributed by atoms with E-state index >= 15 is 0 Å².